The van der Waals surface area contributed by atoms with E-state index in [0.717, 1.165) is 0 Å². The third kappa shape index (κ3) is 5.26. The molecule has 7 heteroatoms. The van der Waals surface area contributed by atoms with Gasteiger partial charge in [-0.2, -0.15) is 0 Å². The van der Waals surface area contributed by atoms with E-state index in [0.29, 0.717) is 17.9 Å². The van der Waals surface area contributed by atoms with Crippen molar-refractivity contribution in [3.8, 4) is 5.75 Å². The maximum Gasteiger partial charge on any atom is 0.318 e. The molecule has 0 aliphatic heterocycles. The molecule has 0 fully saturated rings. The molecule has 21 heavy (non-hydrogen) atoms. The molecule has 0 saturated heterocycles. The third-order valence-corrected chi connectivity index (χ3v) is 4.08. The second kappa shape index (κ2) is 8.51. The molecule has 0 aliphatic carbocycles. The summed E-state index contributed by atoms with van der Waals surface area (Å²) in [5.74, 6) is 0.506. The van der Waals surface area contributed by atoms with E-state index < -0.39 is 11.3 Å². The third-order valence-electron chi connectivity index (χ3n) is 2.88. The summed E-state index contributed by atoms with van der Waals surface area (Å²) >= 11 is 1.22. The standard InChI is InChI=1S/C14H19NO5S/c1-4-20-14(16)10(2)21-9-13(15(17)18)11-5-7-12(19-3)8-6-11/h5-8,10,13H,4,9H2,1-3H3. The van der Waals surface area contributed by atoms with Crippen molar-refractivity contribution >= 4 is 17.7 Å². The number of ether oxygens (including phenoxy) is 2. The van der Waals surface area contributed by atoms with Crippen molar-refractivity contribution in [2.24, 2.45) is 0 Å². The molecule has 0 aromatic heterocycles. The summed E-state index contributed by atoms with van der Waals surface area (Å²) in [7, 11) is 1.54. The van der Waals surface area contributed by atoms with Gasteiger partial charge in [0.05, 0.1) is 24.7 Å². The highest BCUT2D eigenvalue weighted by atomic mass is 32.2. The molecule has 1 rings (SSSR count). The molecular formula is C14H19NO5S. The van der Waals surface area contributed by atoms with Gasteiger partial charge in [0.15, 0.2) is 0 Å². The van der Waals surface area contributed by atoms with Crippen molar-refractivity contribution in [2.45, 2.75) is 25.1 Å². The molecule has 1 aromatic carbocycles. The molecule has 0 bridgehead atoms. The van der Waals surface area contributed by atoms with E-state index in [-0.39, 0.29) is 16.6 Å². The summed E-state index contributed by atoms with van der Waals surface area (Å²) in [5.41, 5.74) is 0.587. The minimum absolute atomic E-state index is 0.208. The van der Waals surface area contributed by atoms with Gasteiger partial charge in [0.1, 0.15) is 5.75 Å². The van der Waals surface area contributed by atoms with Crippen LogP contribution in [0.5, 0.6) is 5.75 Å². The minimum atomic E-state index is -0.863. The number of nitro groups is 1. The molecule has 0 spiro atoms. The van der Waals surface area contributed by atoms with Crippen LogP contribution >= 0.6 is 11.8 Å². The Morgan fingerprint density at radius 2 is 2.00 bits per heavy atom. The van der Waals surface area contributed by atoms with E-state index in [2.05, 4.69) is 0 Å². The highest BCUT2D eigenvalue weighted by molar-refractivity contribution is 8.00. The van der Waals surface area contributed by atoms with Crippen LogP contribution in [0.25, 0.3) is 0 Å². The summed E-state index contributed by atoms with van der Waals surface area (Å²) in [6.07, 6.45) is 0. The van der Waals surface area contributed by atoms with Crippen molar-refractivity contribution in [1.29, 1.82) is 0 Å². The number of thioether (sulfide) groups is 1. The van der Waals surface area contributed by atoms with E-state index >= 15 is 0 Å². The Morgan fingerprint density at radius 3 is 2.48 bits per heavy atom. The maximum absolute atomic E-state index is 11.5. The van der Waals surface area contributed by atoms with Crippen LogP contribution < -0.4 is 4.74 Å². The topological polar surface area (TPSA) is 78.7 Å². The fourth-order valence-electron chi connectivity index (χ4n) is 1.67. The lowest BCUT2D eigenvalue weighted by Gasteiger charge is -2.13. The van der Waals surface area contributed by atoms with Gasteiger partial charge >= 0.3 is 5.97 Å². The lowest BCUT2D eigenvalue weighted by atomic mass is 10.1. The number of carbonyl (C=O) groups is 1. The van der Waals surface area contributed by atoms with Gasteiger partial charge in [0.25, 0.3) is 0 Å². The molecule has 2 atom stereocenters. The van der Waals surface area contributed by atoms with Gasteiger partial charge in [-0.15, -0.1) is 11.8 Å². The number of hydrogen-bond donors (Lipinski definition) is 0. The van der Waals surface area contributed by atoms with E-state index in [4.69, 9.17) is 9.47 Å². The molecule has 6 nitrogen and oxygen atoms in total. The summed E-state index contributed by atoms with van der Waals surface area (Å²) in [4.78, 5) is 22.4. The number of nitrogens with zero attached hydrogens (tertiary/aromatic N) is 1. The molecule has 116 valence electrons. The number of hydrogen-bond acceptors (Lipinski definition) is 6. The second-order valence-corrected chi connectivity index (χ2v) is 5.68. The van der Waals surface area contributed by atoms with Crippen LogP contribution in [0, 0.1) is 10.1 Å². The zero-order chi connectivity index (χ0) is 15.8. The van der Waals surface area contributed by atoms with Crippen LogP contribution in [0.3, 0.4) is 0 Å². The van der Waals surface area contributed by atoms with Crippen LogP contribution in [0.4, 0.5) is 0 Å². The zero-order valence-corrected chi connectivity index (χ0v) is 13.1. The van der Waals surface area contributed by atoms with Crippen LogP contribution in [0.15, 0.2) is 24.3 Å². The quantitative estimate of drug-likeness (QED) is 0.417. The first kappa shape index (κ1) is 17.3. The molecule has 0 radical (unpaired) electrons. The fraction of sp³-hybridized carbons (Fsp3) is 0.500. The van der Waals surface area contributed by atoms with Crippen molar-refractivity contribution in [2.75, 3.05) is 19.5 Å². The Balaban J connectivity index is 2.69. The minimum Gasteiger partial charge on any atom is -0.497 e. The van der Waals surface area contributed by atoms with Crippen LogP contribution in [0.1, 0.15) is 25.5 Å². The SMILES string of the molecule is CCOC(=O)C(C)SCC(c1ccc(OC)cc1)[N+](=O)[O-]. The first-order chi connectivity index (χ1) is 9.99. The predicted octanol–water partition coefficient (Wildman–Crippen LogP) is 2.70. The van der Waals surface area contributed by atoms with Crippen molar-refractivity contribution in [1.82, 2.24) is 0 Å². The van der Waals surface area contributed by atoms with Gasteiger partial charge in [-0.25, -0.2) is 0 Å². The number of carbonyl (C=O) groups excluding carboxylic acids is 1. The van der Waals surface area contributed by atoms with Gasteiger partial charge in [-0.1, -0.05) is 0 Å². The average Bonchev–Trinajstić information content (AvgIpc) is 2.47. The number of rotatable bonds is 8. The Morgan fingerprint density at radius 1 is 1.38 bits per heavy atom. The van der Waals surface area contributed by atoms with Gasteiger partial charge in [-0.05, 0) is 38.1 Å². The van der Waals surface area contributed by atoms with E-state index in [9.17, 15) is 14.9 Å². The van der Waals surface area contributed by atoms with E-state index in [1.165, 1.54) is 18.9 Å². The summed E-state index contributed by atoms with van der Waals surface area (Å²) in [6, 6.07) is 5.85. The summed E-state index contributed by atoms with van der Waals surface area (Å²) < 4.78 is 9.92. The van der Waals surface area contributed by atoms with Crippen LogP contribution in [-0.2, 0) is 9.53 Å². The Bertz CT molecular complexity index is 477. The smallest absolute Gasteiger partial charge is 0.318 e. The highest BCUT2D eigenvalue weighted by Crippen LogP contribution is 2.26. The monoisotopic (exact) mass is 313 g/mol. The van der Waals surface area contributed by atoms with Gasteiger partial charge in [-0.3, -0.25) is 14.9 Å². The lowest BCUT2D eigenvalue weighted by molar-refractivity contribution is -0.522. The molecule has 0 saturated carbocycles. The van der Waals surface area contributed by atoms with Gasteiger partial charge in [0, 0.05) is 10.5 Å². The summed E-state index contributed by atoms with van der Waals surface area (Å²) in [5, 5.41) is 10.8. The molecular weight excluding hydrogens is 294 g/mol. The Labute approximate surface area is 128 Å². The normalized spacial score (nSPS) is 13.3. The fourth-order valence-corrected chi connectivity index (χ4v) is 2.66. The van der Waals surface area contributed by atoms with Crippen molar-refractivity contribution < 1.29 is 19.2 Å². The number of benzene rings is 1. The van der Waals surface area contributed by atoms with Crippen LogP contribution in [-0.4, -0.2) is 35.6 Å². The van der Waals surface area contributed by atoms with Crippen LogP contribution in [0.2, 0.25) is 0 Å². The largest absolute Gasteiger partial charge is 0.497 e. The van der Waals surface area contributed by atoms with Gasteiger partial charge in [0.2, 0.25) is 6.04 Å². The first-order valence-corrected chi connectivity index (χ1v) is 7.60. The first-order valence-electron chi connectivity index (χ1n) is 6.55. The maximum atomic E-state index is 11.5. The second-order valence-electron chi connectivity index (χ2n) is 4.30. The molecule has 1 aromatic rings. The van der Waals surface area contributed by atoms with E-state index in [1.807, 2.05) is 0 Å². The molecule has 2 unspecified atom stereocenters. The summed E-state index contributed by atoms with van der Waals surface area (Å²) in [6.45, 7) is 3.72. The van der Waals surface area contributed by atoms with Gasteiger partial charge < -0.3 is 9.47 Å². The molecule has 0 amide bonds. The number of esters is 1. The molecule has 0 heterocycles. The molecule has 0 aliphatic rings. The average molecular weight is 313 g/mol. The number of methoxy groups -OCH3 is 1. The Kier molecular flexibility index (Phi) is 7.01. The van der Waals surface area contributed by atoms with E-state index in [1.54, 1.807) is 38.1 Å². The van der Waals surface area contributed by atoms with Crippen molar-refractivity contribution in [3.63, 3.8) is 0 Å². The highest BCUT2D eigenvalue weighted by Gasteiger charge is 2.26. The zero-order valence-electron chi connectivity index (χ0n) is 12.3. The molecule has 0 N–H and O–H groups in total. The predicted molar refractivity (Wildman–Crippen MR) is 81.3 cm³/mol. The Hall–Kier alpha value is -1.76. The lowest BCUT2D eigenvalue weighted by Crippen LogP contribution is -2.20. The van der Waals surface area contributed by atoms with Crippen molar-refractivity contribution in [3.05, 3.63) is 39.9 Å².